The molecule has 4 rings (SSSR count). The number of carboxylic acid groups (broad SMARTS) is 1. The first-order valence-corrected chi connectivity index (χ1v) is 17.2. The predicted octanol–water partition coefficient (Wildman–Crippen LogP) is -4.97. The van der Waals surface area contributed by atoms with E-state index in [9.17, 15) is 40.2 Å². The fourth-order valence-corrected chi connectivity index (χ4v) is 7.04. The smallest absolute Gasteiger partial charge is 0.338 e. The molecule has 3 heterocycles. The van der Waals surface area contributed by atoms with Crippen LogP contribution < -0.4 is 21.1 Å². The number of hydrogen-bond donors (Lipinski definition) is 9. The van der Waals surface area contributed by atoms with Crippen molar-refractivity contribution >= 4 is 17.9 Å². The molecule has 3 aliphatic heterocycles. The zero-order valence-electron chi connectivity index (χ0n) is 28.0. The maximum atomic E-state index is 13.6. The molecule has 0 aromatic carbocycles. The zero-order valence-corrected chi connectivity index (χ0v) is 28.0. The van der Waals surface area contributed by atoms with Gasteiger partial charge in [-0.1, -0.05) is 18.2 Å². The van der Waals surface area contributed by atoms with Gasteiger partial charge in [0.05, 0.1) is 62.0 Å². The number of hydrogen-bond acceptors (Lipinski definition) is 14. The van der Waals surface area contributed by atoms with Crippen LogP contribution in [0.25, 0.3) is 0 Å². The van der Waals surface area contributed by atoms with Crippen LogP contribution >= 0.6 is 0 Å². The summed E-state index contributed by atoms with van der Waals surface area (Å²) in [5.74, 6) is -5.17. The first-order valence-electron chi connectivity index (χ1n) is 17.2. The number of carbonyl (C=O) groups excluding carboxylic acids is 2. The van der Waals surface area contributed by atoms with Crippen molar-refractivity contribution in [2.45, 2.75) is 81.2 Å². The number of likely N-dealkylation sites (tertiary alicyclic amines) is 1. The average Bonchev–Trinajstić information content (AvgIpc) is 3.61. The van der Waals surface area contributed by atoms with Crippen molar-refractivity contribution in [1.82, 2.24) is 5.32 Å². The largest absolute Gasteiger partial charge is 0.550 e. The van der Waals surface area contributed by atoms with E-state index >= 15 is 0 Å². The molecule has 4 aliphatic rings. The molecule has 0 bridgehead atoms. The van der Waals surface area contributed by atoms with Crippen LogP contribution in [-0.4, -0.2) is 144 Å². The van der Waals surface area contributed by atoms with E-state index in [1.807, 2.05) is 0 Å². The van der Waals surface area contributed by atoms with Crippen molar-refractivity contribution < 1.29 is 69.2 Å². The van der Waals surface area contributed by atoms with Crippen LogP contribution in [0, 0.1) is 23.7 Å². The number of rotatable bonds is 15. The van der Waals surface area contributed by atoms with Gasteiger partial charge in [0.15, 0.2) is 12.2 Å². The Morgan fingerprint density at radius 1 is 1.08 bits per heavy atom. The van der Waals surface area contributed by atoms with Gasteiger partial charge in [-0.05, 0) is 32.1 Å². The number of guanidine groups is 1. The van der Waals surface area contributed by atoms with Crippen molar-refractivity contribution in [3.8, 4) is 0 Å². The minimum Gasteiger partial charge on any atom is -0.550 e. The van der Waals surface area contributed by atoms with Crippen LogP contribution in [0.3, 0.4) is 0 Å². The summed E-state index contributed by atoms with van der Waals surface area (Å²) >= 11 is 0. The van der Waals surface area contributed by atoms with Crippen LogP contribution in [0.2, 0.25) is 0 Å². The topological polar surface area (TPSA) is 270 Å². The van der Waals surface area contributed by atoms with Gasteiger partial charge in [0, 0.05) is 25.0 Å². The van der Waals surface area contributed by atoms with Gasteiger partial charge in [-0.2, -0.15) is 0 Å². The van der Waals surface area contributed by atoms with E-state index in [4.69, 9.17) is 29.8 Å². The summed E-state index contributed by atoms with van der Waals surface area (Å²) < 4.78 is 23.1. The Hall–Kier alpha value is -3.13. The number of aliphatic imine (C=N–C) groups is 1. The summed E-state index contributed by atoms with van der Waals surface area (Å²) in [4.78, 5) is 31.0. The highest BCUT2D eigenvalue weighted by Gasteiger charge is 2.48. The Morgan fingerprint density at radius 3 is 2.46 bits per heavy atom. The van der Waals surface area contributed by atoms with Gasteiger partial charge in [-0.3, -0.25) is 4.99 Å². The number of nitrogens with two attached hydrogens (primary N) is 1. The lowest BCUT2D eigenvalue weighted by molar-refractivity contribution is -0.911. The number of nitrogens with one attached hydrogen (secondary N) is 2. The summed E-state index contributed by atoms with van der Waals surface area (Å²) in [6.45, 7) is 4.00. The molecule has 0 aromatic heterocycles. The highest BCUT2D eigenvalue weighted by molar-refractivity contribution is 5.89. The molecule has 50 heavy (non-hydrogen) atoms. The van der Waals surface area contributed by atoms with Gasteiger partial charge < -0.3 is 75.4 Å². The van der Waals surface area contributed by atoms with E-state index in [0.29, 0.717) is 13.0 Å². The van der Waals surface area contributed by atoms with E-state index in [1.165, 1.54) is 12.3 Å². The van der Waals surface area contributed by atoms with Crippen LogP contribution in [0.4, 0.5) is 0 Å². The fourth-order valence-electron chi connectivity index (χ4n) is 7.04. The number of quaternary nitrogens is 1. The maximum Gasteiger partial charge on any atom is 0.338 e. The third kappa shape index (κ3) is 9.80. The number of nitrogens with zero attached hydrogens (tertiary/aromatic N) is 1. The fraction of sp³-hybridized carbons (Fsp3) is 0.727. The first-order chi connectivity index (χ1) is 24.0. The standard InChI is InChI=1S/C33H52N4O13/c1-2-20-21(9-8-18-14-37(11-13-39)15-22(29(44)45)25(18)36-33(34)35-10-5-12-38)23(30(46)48-19-6-3-4-7-19)17-47-31(20)50-32-28(43)27(42)26(41)24(16-40)49-32/h2,8-9,17-22,24-28,31-32,38-43H,1,3-7,10-16H2,(H,44,45)(H3,34,35,36). The molecule has 3 fully saturated rings. The second-order valence-electron chi connectivity index (χ2n) is 13.2. The third-order valence-corrected chi connectivity index (χ3v) is 9.79. The third-order valence-electron chi connectivity index (χ3n) is 9.79. The number of piperidine rings is 1. The van der Waals surface area contributed by atoms with E-state index in [2.05, 4.69) is 16.9 Å². The highest BCUT2D eigenvalue weighted by atomic mass is 16.8. The van der Waals surface area contributed by atoms with Gasteiger partial charge in [-0.15, -0.1) is 6.58 Å². The minimum atomic E-state index is -1.71. The lowest BCUT2D eigenvalue weighted by Gasteiger charge is -2.43. The van der Waals surface area contributed by atoms with Crippen LogP contribution in [0.15, 0.2) is 41.6 Å². The molecule has 17 nitrogen and oxygen atoms in total. The SMILES string of the molecule is C=CC1C(OC2OC(CO)C(O)C(O)C2O)OC=C(C(=O)OC2CCCC2)C1C=CC1C[NH+](CCO)CC(C(=O)[O-])C1NC(N)=NCCCO. The molecule has 1 saturated carbocycles. The van der Waals surface area contributed by atoms with Crippen LogP contribution in [0.5, 0.6) is 0 Å². The Balaban J connectivity index is 1.67. The molecule has 1 aliphatic carbocycles. The van der Waals surface area contributed by atoms with Crippen molar-refractivity contribution in [2.75, 3.05) is 46.0 Å². The van der Waals surface area contributed by atoms with Crippen LogP contribution in [0.1, 0.15) is 32.1 Å². The molecule has 0 aromatic rings. The number of aliphatic hydroxyl groups is 6. The number of aliphatic carboxylic acids is 1. The quantitative estimate of drug-likeness (QED) is 0.0253. The van der Waals surface area contributed by atoms with Gasteiger partial charge >= 0.3 is 5.97 Å². The van der Waals surface area contributed by atoms with Gasteiger partial charge in [0.1, 0.15) is 37.1 Å². The Labute approximate surface area is 290 Å². The summed E-state index contributed by atoms with van der Waals surface area (Å²) in [7, 11) is 0. The summed E-state index contributed by atoms with van der Waals surface area (Å²) in [6, 6.07) is -0.794. The number of aliphatic hydroxyl groups excluding tert-OH is 6. The Morgan fingerprint density at radius 2 is 1.82 bits per heavy atom. The zero-order chi connectivity index (χ0) is 36.4. The van der Waals surface area contributed by atoms with E-state index < -0.39 is 85.3 Å². The van der Waals surface area contributed by atoms with E-state index in [1.54, 1.807) is 12.2 Å². The van der Waals surface area contributed by atoms with Crippen molar-refractivity contribution in [1.29, 1.82) is 0 Å². The predicted molar refractivity (Wildman–Crippen MR) is 172 cm³/mol. The van der Waals surface area contributed by atoms with Gasteiger partial charge in [0.25, 0.3) is 0 Å². The second-order valence-corrected chi connectivity index (χ2v) is 13.2. The number of carboxylic acids is 1. The minimum absolute atomic E-state index is 0.0116. The summed E-state index contributed by atoms with van der Waals surface area (Å²) in [5.41, 5.74) is 6.25. The maximum absolute atomic E-state index is 13.6. The number of esters is 1. The summed E-state index contributed by atoms with van der Waals surface area (Å²) in [6.07, 6.45) is 0.484. The molecule has 12 atom stereocenters. The number of allylic oxidation sites excluding steroid dienone is 1. The Kier molecular flexibility index (Phi) is 15.0. The summed E-state index contributed by atoms with van der Waals surface area (Å²) in [5, 5.41) is 75.0. The lowest BCUT2D eigenvalue weighted by Crippen LogP contribution is -3.16. The second kappa shape index (κ2) is 18.9. The molecule has 0 amide bonds. The molecular formula is C33H52N4O13. The van der Waals surface area contributed by atoms with Crippen molar-refractivity contribution in [3.05, 3.63) is 36.6 Å². The molecule has 0 spiro atoms. The Bertz CT molecular complexity index is 1230. The highest BCUT2D eigenvalue weighted by Crippen LogP contribution is 2.37. The first kappa shape index (κ1) is 39.7. The molecule has 17 heteroatoms. The van der Waals surface area contributed by atoms with Gasteiger partial charge in [-0.25, -0.2) is 4.79 Å². The van der Waals surface area contributed by atoms with Crippen LogP contribution in [-0.2, 0) is 28.5 Å². The number of ether oxygens (including phenoxy) is 4. The van der Waals surface area contributed by atoms with E-state index in [0.717, 1.165) is 30.6 Å². The molecular weight excluding hydrogens is 660 g/mol. The molecule has 2 saturated heterocycles. The van der Waals surface area contributed by atoms with Crippen molar-refractivity contribution in [2.24, 2.45) is 34.4 Å². The van der Waals surface area contributed by atoms with Gasteiger partial charge in [0.2, 0.25) is 6.29 Å². The number of carbonyl (C=O) groups is 2. The lowest BCUT2D eigenvalue weighted by atomic mass is 9.79. The molecule has 0 radical (unpaired) electrons. The van der Waals surface area contributed by atoms with Crippen molar-refractivity contribution in [3.63, 3.8) is 0 Å². The molecule has 12 unspecified atom stereocenters. The monoisotopic (exact) mass is 712 g/mol. The average molecular weight is 713 g/mol. The molecule has 10 N–H and O–H groups in total. The molecule has 282 valence electrons. The normalized spacial score (nSPS) is 36.8. The van der Waals surface area contributed by atoms with E-state index in [-0.39, 0.29) is 50.5 Å².